The van der Waals surface area contributed by atoms with Gasteiger partial charge in [-0.1, -0.05) is 0 Å². The normalized spacial score (nSPS) is 1.33. The predicted octanol–water partition coefficient (Wildman–Crippen LogP) is -1.24. The SMILES string of the molecule is O=[Si]=O.[Ge+4].[O-2].[O-2]. The minimum atomic E-state index is -1.42. The van der Waals surface area contributed by atoms with E-state index in [2.05, 4.69) is 0 Å². The van der Waals surface area contributed by atoms with Gasteiger partial charge < -0.3 is 11.0 Å². The molecule has 0 rings (SSSR count). The van der Waals surface area contributed by atoms with E-state index in [4.69, 9.17) is 8.92 Å². The molecule has 0 heterocycles. The summed E-state index contributed by atoms with van der Waals surface area (Å²) in [5.41, 5.74) is 0. The van der Waals surface area contributed by atoms with Gasteiger partial charge in [0.2, 0.25) is 0 Å². The van der Waals surface area contributed by atoms with Crippen molar-refractivity contribution in [2.45, 2.75) is 0 Å². The maximum Gasteiger partial charge on any atom is 4.00 e. The van der Waals surface area contributed by atoms with Crippen molar-refractivity contribution >= 4 is 26.9 Å². The summed E-state index contributed by atoms with van der Waals surface area (Å²) in [4.78, 5) is 0. The van der Waals surface area contributed by atoms with Crippen molar-refractivity contribution in [1.29, 1.82) is 0 Å². The third-order valence-electron chi connectivity index (χ3n) is 0. The zero-order valence-electron chi connectivity index (χ0n) is 2.63. The molecule has 0 saturated heterocycles. The Morgan fingerprint density at radius 2 is 1.00 bits per heavy atom. The second-order valence-corrected chi connectivity index (χ2v) is 0.250. The van der Waals surface area contributed by atoms with Crippen LogP contribution in [0, 0.1) is 0 Å². The maximum absolute atomic E-state index is 8.40. The number of rotatable bonds is 0. The van der Waals surface area contributed by atoms with Crippen LogP contribution in [0.15, 0.2) is 0 Å². The zero-order chi connectivity index (χ0) is 2.71. The molecule has 0 spiro atoms. The molecule has 0 saturated carbocycles. The molecule has 0 aliphatic heterocycles. The fraction of sp³-hybridized carbons (Fsp3) is 0. The van der Waals surface area contributed by atoms with Crippen LogP contribution in [-0.4, -0.2) is 26.9 Å². The minimum absolute atomic E-state index is 0. The van der Waals surface area contributed by atoms with E-state index >= 15 is 0 Å². The third-order valence-corrected chi connectivity index (χ3v) is 0. The van der Waals surface area contributed by atoms with Crippen LogP contribution in [0.25, 0.3) is 0 Å². The zero-order valence-corrected chi connectivity index (χ0v) is 5.73. The van der Waals surface area contributed by atoms with Crippen LogP contribution in [-0.2, 0) is 19.9 Å². The molecule has 0 unspecified atom stereocenters. The molecule has 0 N–H and O–H groups in total. The average molecular weight is 165 g/mol. The Labute approximate surface area is 47.5 Å². The van der Waals surface area contributed by atoms with Crippen LogP contribution in [0.4, 0.5) is 0 Å². The van der Waals surface area contributed by atoms with E-state index in [0.29, 0.717) is 0 Å². The molecule has 4 nitrogen and oxygen atoms in total. The Morgan fingerprint density at radius 1 is 1.00 bits per heavy atom. The second-order valence-electron chi connectivity index (χ2n) is 0.0833. The van der Waals surface area contributed by atoms with E-state index in [-0.39, 0.29) is 28.5 Å². The molecule has 32 valence electrons. The van der Waals surface area contributed by atoms with Gasteiger partial charge >= 0.3 is 26.9 Å². The van der Waals surface area contributed by atoms with Gasteiger partial charge in [0.15, 0.2) is 0 Å². The summed E-state index contributed by atoms with van der Waals surface area (Å²) in [6.45, 7) is 0. The summed E-state index contributed by atoms with van der Waals surface area (Å²) >= 11 is 0. The van der Waals surface area contributed by atoms with E-state index in [1.807, 2.05) is 0 Å². The standard InChI is InChI=1S/Ge.O2Si.2O/c;1-3-2;;/q+4;;2*-2. The van der Waals surface area contributed by atoms with Gasteiger partial charge in [0, 0.05) is 0 Å². The van der Waals surface area contributed by atoms with E-state index in [9.17, 15) is 0 Å². The van der Waals surface area contributed by atoms with E-state index in [0.717, 1.165) is 0 Å². The van der Waals surface area contributed by atoms with Crippen molar-refractivity contribution in [1.82, 2.24) is 0 Å². The molecule has 0 aromatic heterocycles. The van der Waals surface area contributed by atoms with Crippen LogP contribution in [0.3, 0.4) is 0 Å². The van der Waals surface area contributed by atoms with Crippen molar-refractivity contribution in [3.8, 4) is 0 Å². The molecule has 0 aliphatic rings. The summed E-state index contributed by atoms with van der Waals surface area (Å²) in [7, 11) is -1.42. The first kappa shape index (κ1) is 33.7. The summed E-state index contributed by atoms with van der Waals surface area (Å²) in [6, 6.07) is 0. The third kappa shape index (κ3) is 588. The smallest absolute Gasteiger partial charge is 2.00 e. The monoisotopic (exact) mass is 166 g/mol. The summed E-state index contributed by atoms with van der Waals surface area (Å²) < 4.78 is 16.8. The number of hydrogen-bond acceptors (Lipinski definition) is 2. The van der Waals surface area contributed by atoms with E-state index in [1.54, 1.807) is 0 Å². The van der Waals surface area contributed by atoms with Gasteiger partial charge in [0.1, 0.15) is 0 Å². The summed E-state index contributed by atoms with van der Waals surface area (Å²) in [5, 5.41) is 0. The molecule has 0 atom stereocenters. The van der Waals surface area contributed by atoms with Gasteiger partial charge in [0.05, 0.1) is 0 Å². The molecule has 6 heavy (non-hydrogen) atoms. The Hall–Kier alpha value is 0.280. The maximum atomic E-state index is 8.40. The van der Waals surface area contributed by atoms with Crippen LogP contribution in [0.1, 0.15) is 0 Å². The van der Waals surface area contributed by atoms with Crippen molar-refractivity contribution in [2.75, 3.05) is 0 Å². The van der Waals surface area contributed by atoms with E-state index in [1.165, 1.54) is 0 Å². The fourth-order valence-electron chi connectivity index (χ4n) is 0. The minimum Gasteiger partial charge on any atom is -2.00 e. The molecule has 0 bridgehead atoms. The Balaban J connectivity index is -0.00000000667. The quantitative estimate of drug-likeness (QED) is 0.419. The predicted molar refractivity (Wildman–Crippen MR) is 14.3 cm³/mol. The molecular formula is GeO4Si. The molecule has 0 aromatic carbocycles. The first-order valence-corrected chi connectivity index (χ1v) is 1.22. The van der Waals surface area contributed by atoms with Crippen LogP contribution >= 0.6 is 0 Å². The average Bonchev–Trinajstić information content (AvgIpc) is 0.918. The van der Waals surface area contributed by atoms with Crippen molar-refractivity contribution in [2.24, 2.45) is 0 Å². The molecule has 6 heteroatoms. The van der Waals surface area contributed by atoms with E-state index < -0.39 is 9.29 Å². The first-order valence-electron chi connectivity index (χ1n) is 0.408. The van der Waals surface area contributed by atoms with Gasteiger partial charge in [-0.25, -0.2) is 0 Å². The van der Waals surface area contributed by atoms with Gasteiger partial charge in [0.25, 0.3) is 0 Å². The van der Waals surface area contributed by atoms with Crippen molar-refractivity contribution in [3.63, 3.8) is 0 Å². The molecule has 0 aliphatic carbocycles. The molecule has 0 aromatic rings. The second kappa shape index (κ2) is 59.0. The van der Waals surface area contributed by atoms with Crippen molar-refractivity contribution < 1.29 is 19.9 Å². The van der Waals surface area contributed by atoms with Crippen LogP contribution in [0.5, 0.6) is 0 Å². The molecule has 0 radical (unpaired) electrons. The summed E-state index contributed by atoms with van der Waals surface area (Å²) in [6.07, 6.45) is 0. The fourth-order valence-corrected chi connectivity index (χ4v) is 0. The summed E-state index contributed by atoms with van der Waals surface area (Å²) in [5.74, 6) is 0. The Morgan fingerprint density at radius 3 is 1.00 bits per heavy atom. The van der Waals surface area contributed by atoms with Gasteiger partial charge in [-0.2, -0.15) is 0 Å². The van der Waals surface area contributed by atoms with Crippen LogP contribution in [0.2, 0.25) is 0 Å². The Bertz CT molecular complexity index is 28.5. The molecule has 0 fully saturated rings. The van der Waals surface area contributed by atoms with Crippen LogP contribution < -0.4 is 0 Å². The van der Waals surface area contributed by atoms with Gasteiger partial charge in [-0.15, -0.1) is 0 Å². The Kier molecular flexibility index (Phi) is 331. The number of hydrogen-bond donors (Lipinski definition) is 0. The topological polar surface area (TPSA) is 91.1 Å². The van der Waals surface area contributed by atoms with Crippen molar-refractivity contribution in [3.05, 3.63) is 0 Å². The largest absolute Gasteiger partial charge is 4.00 e. The molecule has 0 amide bonds. The van der Waals surface area contributed by atoms with Gasteiger partial charge in [-0.05, 0) is 0 Å². The molecular weight excluding hydrogens is 165 g/mol. The van der Waals surface area contributed by atoms with Gasteiger partial charge in [-0.3, -0.25) is 8.92 Å². The first-order chi connectivity index (χ1) is 1.41.